The van der Waals surface area contributed by atoms with Crippen LogP contribution in [-0.4, -0.2) is 57.6 Å². The predicted molar refractivity (Wildman–Crippen MR) is 114 cm³/mol. The number of hydrogen-bond acceptors (Lipinski definition) is 8. The summed E-state index contributed by atoms with van der Waals surface area (Å²) in [5, 5.41) is 43.6. The summed E-state index contributed by atoms with van der Waals surface area (Å²) in [5.41, 5.74) is 2.87. The number of anilines is 1. The molecule has 4 rings (SSSR count). The van der Waals surface area contributed by atoms with Gasteiger partial charge in [-0.15, -0.1) is 6.42 Å². The first-order chi connectivity index (χ1) is 14.9. The maximum Gasteiger partial charge on any atom is 0.255 e. The Bertz CT molecular complexity index is 1220. The highest BCUT2D eigenvalue weighted by molar-refractivity contribution is 6.22. The lowest BCUT2D eigenvalue weighted by Crippen LogP contribution is -2.58. The highest BCUT2D eigenvalue weighted by Gasteiger charge is 2.60. The third-order valence-electron chi connectivity index (χ3n) is 6.68. The van der Waals surface area contributed by atoms with Gasteiger partial charge >= 0.3 is 0 Å². The van der Waals surface area contributed by atoms with E-state index in [1.165, 1.54) is 0 Å². The van der Waals surface area contributed by atoms with E-state index in [9.17, 15) is 34.8 Å². The first-order valence-electron chi connectivity index (χ1n) is 9.95. The van der Waals surface area contributed by atoms with Crippen molar-refractivity contribution in [1.29, 1.82) is 0 Å². The lowest BCUT2D eigenvalue weighted by molar-refractivity contribution is -0.147. The number of amides is 1. The van der Waals surface area contributed by atoms with Gasteiger partial charge in [-0.1, -0.05) is 5.92 Å². The van der Waals surface area contributed by atoms with Gasteiger partial charge in [0.25, 0.3) is 5.91 Å². The number of rotatable bonds is 2. The van der Waals surface area contributed by atoms with Crippen molar-refractivity contribution in [2.75, 3.05) is 19.0 Å². The number of aliphatic hydroxyl groups excluding tert-OH is 2. The van der Waals surface area contributed by atoms with Gasteiger partial charge in [-0.3, -0.25) is 14.4 Å². The van der Waals surface area contributed by atoms with E-state index in [1.54, 1.807) is 25.1 Å². The molecular formula is C23H22N2O7. The van der Waals surface area contributed by atoms with Crippen LogP contribution in [0.2, 0.25) is 0 Å². The van der Waals surface area contributed by atoms with Crippen LogP contribution < -0.4 is 10.6 Å². The van der Waals surface area contributed by atoms with Crippen molar-refractivity contribution in [3.05, 3.63) is 39.7 Å². The second-order valence-electron chi connectivity index (χ2n) is 8.59. The summed E-state index contributed by atoms with van der Waals surface area (Å²) < 4.78 is 0. The smallest absolute Gasteiger partial charge is 0.255 e. The van der Waals surface area contributed by atoms with Crippen molar-refractivity contribution in [2.24, 2.45) is 17.6 Å². The third-order valence-corrected chi connectivity index (χ3v) is 6.68. The van der Waals surface area contributed by atoms with E-state index in [2.05, 4.69) is 5.92 Å². The number of nitrogens with zero attached hydrogens (tertiary/aromatic N) is 1. The normalized spacial score (nSPS) is 26.8. The minimum atomic E-state index is -2.58. The maximum atomic E-state index is 13.4. The highest BCUT2D eigenvalue weighted by atomic mass is 16.3. The number of hydrogen-bond donors (Lipinski definition) is 5. The number of phenolic OH excluding ortho intramolecular Hbond substituents is 1. The first-order valence-corrected chi connectivity index (χ1v) is 9.95. The Kier molecular flexibility index (Phi) is 4.61. The molecule has 9 nitrogen and oxygen atoms in total. The number of Topliss-reactive ketones (excluding diaryl/α,β-unsaturated/α-hetero) is 2. The molecule has 1 saturated carbocycles. The van der Waals surface area contributed by atoms with Gasteiger partial charge < -0.3 is 31.1 Å². The van der Waals surface area contributed by atoms with Gasteiger partial charge in [0.15, 0.2) is 11.4 Å². The fourth-order valence-electron chi connectivity index (χ4n) is 5.18. The van der Waals surface area contributed by atoms with E-state index >= 15 is 0 Å². The molecule has 1 fully saturated rings. The summed E-state index contributed by atoms with van der Waals surface area (Å²) in [6, 6.07) is 1.60. The minimum Gasteiger partial charge on any atom is -0.508 e. The topological polar surface area (TPSA) is 161 Å². The maximum absolute atomic E-state index is 13.4. The van der Waals surface area contributed by atoms with Crippen LogP contribution in [0.15, 0.2) is 23.0 Å². The largest absolute Gasteiger partial charge is 0.508 e. The van der Waals surface area contributed by atoms with Crippen LogP contribution in [0.3, 0.4) is 0 Å². The number of fused-ring (bicyclic) bond motifs is 3. The summed E-state index contributed by atoms with van der Waals surface area (Å²) in [7, 11) is 3.53. The zero-order chi connectivity index (χ0) is 23.7. The van der Waals surface area contributed by atoms with Crippen LogP contribution >= 0.6 is 0 Å². The molecule has 0 bridgehead atoms. The van der Waals surface area contributed by atoms with Crippen molar-refractivity contribution in [3.8, 4) is 18.1 Å². The lowest BCUT2D eigenvalue weighted by Gasteiger charge is -2.46. The van der Waals surface area contributed by atoms with Gasteiger partial charge in [-0.25, -0.2) is 0 Å². The number of phenols is 1. The Morgan fingerprint density at radius 1 is 1.25 bits per heavy atom. The molecule has 166 valence electrons. The molecule has 6 N–H and O–H groups in total. The molecule has 0 heterocycles. The number of carbonyl (C=O) groups excluding carboxylic acids is 3. The van der Waals surface area contributed by atoms with Gasteiger partial charge in [0.05, 0.1) is 11.1 Å². The average Bonchev–Trinajstić information content (AvgIpc) is 2.70. The number of aromatic hydroxyl groups is 1. The molecule has 0 spiro atoms. The molecule has 3 aliphatic rings. The molecule has 0 saturated heterocycles. The number of carbonyl (C=O) groups is 3. The summed E-state index contributed by atoms with van der Waals surface area (Å²) in [6.45, 7) is 0. The molecule has 1 aromatic carbocycles. The van der Waals surface area contributed by atoms with E-state index in [1.807, 2.05) is 0 Å². The molecule has 9 heteroatoms. The zero-order valence-corrected chi connectivity index (χ0v) is 17.5. The molecule has 0 unspecified atom stereocenters. The van der Waals surface area contributed by atoms with Crippen LogP contribution in [0.25, 0.3) is 5.76 Å². The number of terminal acetylenes is 1. The Hall–Kier alpha value is -3.77. The van der Waals surface area contributed by atoms with Crippen LogP contribution in [0, 0.1) is 24.2 Å². The fraction of sp³-hybridized carbons (Fsp3) is 0.348. The molecule has 3 atom stereocenters. The average molecular weight is 438 g/mol. The molecular weight excluding hydrogens is 416 g/mol. The highest BCUT2D eigenvalue weighted by Crippen LogP contribution is 2.53. The van der Waals surface area contributed by atoms with E-state index in [0.717, 1.165) is 0 Å². The molecule has 1 aromatic rings. The number of aliphatic hydroxyl groups is 3. The molecule has 1 amide bonds. The van der Waals surface area contributed by atoms with Gasteiger partial charge in [0.2, 0.25) is 5.78 Å². The lowest BCUT2D eigenvalue weighted by atomic mass is 9.59. The standard InChI is InChI=1S/C23H22N2O7/c1-4-9-7-13(25(2)3)12-6-10-5-11-8-14(26)17(22(24)31)21(30)23(11,32)20(29)15(10)19(28)16(12)18(9)27/h1,7,10-11,27-28,30,32H,5-6,8H2,2-3H3,(H2,24,31)/t10-,11+,23+/m1/s1. The number of primary amides is 1. The second-order valence-corrected chi connectivity index (χ2v) is 8.59. The molecule has 32 heavy (non-hydrogen) atoms. The van der Waals surface area contributed by atoms with E-state index in [0.29, 0.717) is 11.3 Å². The van der Waals surface area contributed by atoms with Crippen LogP contribution in [0.1, 0.15) is 29.5 Å². The van der Waals surface area contributed by atoms with E-state index in [-0.39, 0.29) is 41.7 Å². The molecule has 0 aliphatic heterocycles. The Balaban J connectivity index is 1.99. The van der Waals surface area contributed by atoms with Crippen LogP contribution in [0.4, 0.5) is 5.69 Å². The van der Waals surface area contributed by atoms with Gasteiger partial charge in [0, 0.05) is 37.7 Å². The summed E-state index contributed by atoms with van der Waals surface area (Å²) in [6.07, 6.45) is 5.43. The van der Waals surface area contributed by atoms with Crippen molar-refractivity contribution in [1.82, 2.24) is 0 Å². The molecule has 0 aromatic heterocycles. The number of ketones is 2. The first kappa shape index (κ1) is 21.5. The quantitative estimate of drug-likeness (QED) is 0.329. The van der Waals surface area contributed by atoms with Crippen molar-refractivity contribution >= 4 is 28.9 Å². The number of benzene rings is 1. The SMILES string of the molecule is C#Cc1cc(N(C)C)c2c(c1O)C(O)=C1C(=O)[C@]3(O)C(O)=C(C(N)=O)C(=O)C[C@@H]3C[C@@H]1C2. The molecule has 3 aliphatic carbocycles. The van der Waals surface area contributed by atoms with Gasteiger partial charge in [0.1, 0.15) is 22.8 Å². The number of nitrogens with two attached hydrogens (primary N) is 1. The summed E-state index contributed by atoms with van der Waals surface area (Å²) >= 11 is 0. The van der Waals surface area contributed by atoms with E-state index in [4.69, 9.17) is 12.2 Å². The van der Waals surface area contributed by atoms with Crippen LogP contribution in [0.5, 0.6) is 5.75 Å². The monoisotopic (exact) mass is 438 g/mol. The second kappa shape index (κ2) is 6.87. The van der Waals surface area contributed by atoms with Crippen molar-refractivity contribution in [3.63, 3.8) is 0 Å². The minimum absolute atomic E-state index is 0.0173. The fourth-order valence-corrected chi connectivity index (χ4v) is 5.18. The Morgan fingerprint density at radius 2 is 1.91 bits per heavy atom. The summed E-state index contributed by atoms with van der Waals surface area (Å²) in [4.78, 5) is 39.2. The van der Waals surface area contributed by atoms with Crippen molar-refractivity contribution < 1.29 is 34.8 Å². The molecule has 0 radical (unpaired) electrons. The van der Waals surface area contributed by atoms with Gasteiger partial charge in [-0.05, 0) is 30.4 Å². The Labute approximate surface area is 183 Å². The summed E-state index contributed by atoms with van der Waals surface area (Å²) in [5.74, 6) is -4.34. The zero-order valence-electron chi connectivity index (χ0n) is 17.5. The van der Waals surface area contributed by atoms with Gasteiger partial charge in [-0.2, -0.15) is 0 Å². The third kappa shape index (κ3) is 2.59. The Morgan fingerprint density at radius 3 is 2.47 bits per heavy atom. The predicted octanol–water partition coefficient (Wildman–Crippen LogP) is 0.471. The van der Waals surface area contributed by atoms with Crippen LogP contribution in [-0.2, 0) is 20.8 Å². The van der Waals surface area contributed by atoms with E-state index < -0.39 is 52.0 Å². The van der Waals surface area contributed by atoms with Crippen molar-refractivity contribution in [2.45, 2.75) is 24.9 Å².